The van der Waals surface area contributed by atoms with Gasteiger partial charge in [-0.3, -0.25) is 9.69 Å². The molecule has 2 fully saturated rings. The Bertz CT molecular complexity index is 506. The topological polar surface area (TPSA) is 61.8 Å². The summed E-state index contributed by atoms with van der Waals surface area (Å²) < 4.78 is 5.30. The number of ether oxygens (including phenoxy) is 1. The molecule has 0 spiro atoms. The van der Waals surface area contributed by atoms with Crippen molar-refractivity contribution in [3.8, 4) is 0 Å². The van der Waals surface area contributed by atoms with E-state index in [9.17, 15) is 4.79 Å². The van der Waals surface area contributed by atoms with E-state index in [0.29, 0.717) is 38.9 Å². The summed E-state index contributed by atoms with van der Waals surface area (Å²) in [5, 5.41) is 8.20. The quantitative estimate of drug-likeness (QED) is 0.775. The van der Waals surface area contributed by atoms with Crippen LogP contribution >= 0.6 is 0 Å². The van der Waals surface area contributed by atoms with Crippen molar-refractivity contribution in [3.05, 3.63) is 18.3 Å². The lowest BCUT2D eigenvalue weighted by Crippen LogP contribution is -2.47. The minimum absolute atomic E-state index is 0.194. The van der Waals surface area contributed by atoms with E-state index in [4.69, 9.17) is 4.74 Å². The first-order valence-electron chi connectivity index (χ1n) is 8.32. The van der Waals surface area contributed by atoms with Gasteiger partial charge in [0.1, 0.15) is 0 Å². The summed E-state index contributed by atoms with van der Waals surface area (Å²) in [5.41, 5.74) is 0. The van der Waals surface area contributed by atoms with Crippen LogP contribution in [0.5, 0.6) is 0 Å². The Hall–Kier alpha value is -1.73. The average Bonchev–Trinajstić information content (AvgIpc) is 3.04. The molecule has 0 aromatic carbocycles. The lowest BCUT2D eigenvalue weighted by molar-refractivity contribution is -0.136. The maximum absolute atomic E-state index is 12.3. The molecular weight excluding hydrogens is 294 g/mol. The zero-order chi connectivity index (χ0) is 16.1. The van der Waals surface area contributed by atoms with Gasteiger partial charge in [0.25, 0.3) is 0 Å². The van der Waals surface area contributed by atoms with Crippen LogP contribution in [0.2, 0.25) is 0 Å². The third-order valence-corrected chi connectivity index (χ3v) is 4.52. The summed E-state index contributed by atoms with van der Waals surface area (Å²) in [4.78, 5) is 18.7. The molecule has 1 aromatic heterocycles. The summed E-state index contributed by atoms with van der Waals surface area (Å²) in [6, 6.07) is 4.32. The van der Waals surface area contributed by atoms with Gasteiger partial charge < -0.3 is 14.5 Å². The van der Waals surface area contributed by atoms with Gasteiger partial charge in [0.15, 0.2) is 5.82 Å². The van der Waals surface area contributed by atoms with Gasteiger partial charge in [-0.2, -0.15) is 5.10 Å². The molecule has 0 aliphatic carbocycles. The number of nitrogens with zero attached hydrogens (tertiary/aromatic N) is 5. The van der Waals surface area contributed by atoms with E-state index in [2.05, 4.69) is 20.0 Å². The van der Waals surface area contributed by atoms with Gasteiger partial charge in [0, 0.05) is 38.4 Å². The van der Waals surface area contributed by atoms with Crippen LogP contribution in [0.15, 0.2) is 18.3 Å². The first-order valence-corrected chi connectivity index (χ1v) is 8.32. The predicted molar refractivity (Wildman–Crippen MR) is 87.3 cm³/mol. The highest BCUT2D eigenvalue weighted by molar-refractivity contribution is 5.78. The van der Waals surface area contributed by atoms with Crippen molar-refractivity contribution in [1.82, 2.24) is 20.0 Å². The van der Waals surface area contributed by atoms with E-state index in [1.165, 1.54) is 0 Å². The van der Waals surface area contributed by atoms with E-state index in [-0.39, 0.29) is 5.91 Å². The van der Waals surface area contributed by atoms with E-state index in [1.807, 2.05) is 24.1 Å². The number of hydrogen-bond donors (Lipinski definition) is 0. The Morgan fingerprint density at radius 1 is 1.39 bits per heavy atom. The maximum atomic E-state index is 12.3. The molecule has 2 saturated heterocycles. The smallest absolute Gasteiger partial charge is 0.236 e. The number of likely N-dealkylation sites (N-methyl/N-ethyl adjacent to an activating group) is 1. The van der Waals surface area contributed by atoms with Crippen LogP contribution in [0.1, 0.15) is 12.8 Å². The molecular formula is C16H25N5O2. The van der Waals surface area contributed by atoms with Crippen LogP contribution in [0.4, 0.5) is 5.82 Å². The zero-order valence-electron chi connectivity index (χ0n) is 13.7. The van der Waals surface area contributed by atoms with E-state index < -0.39 is 0 Å². The van der Waals surface area contributed by atoms with Crippen molar-refractivity contribution in [2.24, 2.45) is 0 Å². The fraction of sp³-hybridized carbons (Fsp3) is 0.688. The SMILES string of the molecule is CN(CC(=O)N1CCOCC1)C[C@H]1CCCN1c1cccnn1. The van der Waals surface area contributed by atoms with Crippen LogP contribution in [0.25, 0.3) is 0 Å². The van der Waals surface area contributed by atoms with Gasteiger partial charge in [0.2, 0.25) is 5.91 Å². The second-order valence-electron chi connectivity index (χ2n) is 6.26. The van der Waals surface area contributed by atoms with Crippen LogP contribution in [-0.2, 0) is 9.53 Å². The number of hydrogen-bond acceptors (Lipinski definition) is 6. The lowest BCUT2D eigenvalue weighted by atomic mass is 10.2. The summed E-state index contributed by atoms with van der Waals surface area (Å²) in [6.07, 6.45) is 3.99. The van der Waals surface area contributed by atoms with Crippen molar-refractivity contribution < 1.29 is 9.53 Å². The van der Waals surface area contributed by atoms with Crippen LogP contribution in [0.3, 0.4) is 0 Å². The monoisotopic (exact) mass is 319 g/mol. The molecule has 3 heterocycles. The van der Waals surface area contributed by atoms with Gasteiger partial charge in [-0.05, 0) is 32.0 Å². The molecule has 0 N–H and O–H groups in total. The Morgan fingerprint density at radius 2 is 2.22 bits per heavy atom. The molecule has 2 aliphatic heterocycles. The number of carbonyl (C=O) groups is 1. The number of aromatic nitrogens is 2. The molecule has 0 saturated carbocycles. The van der Waals surface area contributed by atoms with Crippen molar-refractivity contribution in [2.75, 3.05) is 57.9 Å². The van der Waals surface area contributed by atoms with Crippen LogP contribution in [-0.4, -0.2) is 84.9 Å². The molecule has 126 valence electrons. The van der Waals surface area contributed by atoms with Crippen LogP contribution in [0, 0.1) is 0 Å². The normalized spacial score (nSPS) is 21.9. The number of rotatable bonds is 5. The van der Waals surface area contributed by atoms with Crippen LogP contribution < -0.4 is 4.90 Å². The number of morpholine rings is 1. The highest BCUT2D eigenvalue weighted by Crippen LogP contribution is 2.23. The minimum Gasteiger partial charge on any atom is -0.378 e. The van der Waals surface area contributed by atoms with Gasteiger partial charge >= 0.3 is 0 Å². The Balaban J connectivity index is 1.52. The second kappa shape index (κ2) is 7.70. The van der Waals surface area contributed by atoms with Crippen molar-refractivity contribution in [3.63, 3.8) is 0 Å². The molecule has 0 radical (unpaired) electrons. The standard InChI is InChI=1S/C16H25N5O2/c1-19(13-16(22)20-8-10-23-11-9-20)12-14-4-3-7-21(14)15-5-2-6-17-18-15/h2,5-6,14H,3-4,7-13H2,1H3/t14-/m1/s1. The molecule has 7 heteroatoms. The molecule has 0 bridgehead atoms. The molecule has 0 unspecified atom stereocenters. The molecule has 23 heavy (non-hydrogen) atoms. The van der Waals surface area contributed by atoms with E-state index >= 15 is 0 Å². The summed E-state index contributed by atoms with van der Waals surface area (Å²) in [6.45, 7) is 5.06. The first-order chi connectivity index (χ1) is 11.2. The highest BCUT2D eigenvalue weighted by Gasteiger charge is 2.28. The number of carbonyl (C=O) groups excluding carboxylic acids is 1. The molecule has 3 rings (SSSR count). The minimum atomic E-state index is 0.194. The van der Waals surface area contributed by atoms with Crippen molar-refractivity contribution >= 4 is 11.7 Å². The van der Waals surface area contributed by atoms with Crippen molar-refractivity contribution in [2.45, 2.75) is 18.9 Å². The highest BCUT2D eigenvalue weighted by atomic mass is 16.5. The van der Waals surface area contributed by atoms with Crippen molar-refractivity contribution in [1.29, 1.82) is 0 Å². The molecule has 1 amide bonds. The fourth-order valence-electron chi connectivity index (χ4n) is 3.34. The summed E-state index contributed by atoms with van der Waals surface area (Å²) in [5.74, 6) is 1.13. The third kappa shape index (κ3) is 4.17. The molecule has 7 nitrogen and oxygen atoms in total. The lowest BCUT2D eigenvalue weighted by Gasteiger charge is -2.31. The van der Waals surface area contributed by atoms with Gasteiger partial charge in [-0.1, -0.05) is 0 Å². The number of anilines is 1. The molecule has 2 aliphatic rings. The largest absolute Gasteiger partial charge is 0.378 e. The predicted octanol–water partition coefficient (Wildman–Crippen LogP) is 0.236. The summed E-state index contributed by atoms with van der Waals surface area (Å²) >= 11 is 0. The Labute approximate surface area is 137 Å². The number of amides is 1. The second-order valence-corrected chi connectivity index (χ2v) is 6.26. The Kier molecular flexibility index (Phi) is 5.40. The van der Waals surface area contributed by atoms with E-state index in [0.717, 1.165) is 31.7 Å². The first kappa shape index (κ1) is 16.1. The molecule has 1 aromatic rings. The maximum Gasteiger partial charge on any atom is 0.236 e. The van der Waals surface area contributed by atoms with Gasteiger partial charge in [0.05, 0.1) is 19.8 Å². The summed E-state index contributed by atoms with van der Waals surface area (Å²) in [7, 11) is 2.02. The van der Waals surface area contributed by atoms with Gasteiger partial charge in [-0.25, -0.2) is 0 Å². The Morgan fingerprint density at radius 3 is 2.96 bits per heavy atom. The average molecular weight is 319 g/mol. The fourth-order valence-corrected chi connectivity index (χ4v) is 3.34. The van der Waals surface area contributed by atoms with Gasteiger partial charge in [-0.15, -0.1) is 5.10 Å². The molecule has 1 atom stereocenters. The zero-order valence-corrected chi connectivity index (χ0v) is 13.7. The third-order valence-electron chi connectivity index (χ3n) is 4.52. The van der Waals surface area contributed by atoms with E-state index in [1.54, 1.807) is 6.20 Å².